The molecule has 1 aromatic heterocycles. The molecule has 110 valence electrons. The SMILES string of the molecule is CC(C)N(CCn1c(=S)[nH]c2c(F)cccc21)C(C)C. The topological polar surface area (TPSA) is 24.0 Å². The van der Waals surface area contributed by atoms with Gasteiger partial charge in [-0.3, -0.25) is 4.90 Å². The van der Waals surface area contributed by atoms with Gasteiger partial charge in [0, 0.05) is 25.2 Å². The van der Waals surface area contributed by atoms with Crippen molar-refractivity contribution in [2.24, 2.45) is 0 Å². The summed E-state index contributed by atoms with van der Waals surface area (Å²) in [5.41, 5.74) is 1.33. The summed E-state index contributed by atoms with van der Waals surface area (Å²) in [6, 6.07) is 6.03. The molecule has 5 heteroatoms. The maximum absolute atomic E-state index is 13.7. The van der Waals surface area contributed by atoms with Crippen molar-refractivity contribution in [2.45, 2.75) is 46.3 Å². The van der Waals surface area contributed by atoms with Crippen LogP contribution in [0.15, 0.2) is 18.2 Å². The first kappa shape index (κ1) is 15.2. The predicted molar refractivity (Wildman–Crippen MR) is 84.1 cm³/mol. The summed E-state index contributed by atoms with van der Waals surface area (Å²) in [4.78, 5) is 5.36. The molecule has 0 aliphatic heterocycles. The average molecular weight is 295 g/mol. The molecule has 1 heterocycles. The molecule has 0 bridgehead atoms. The molecule has 0 aliphatic carbocycles. The van der Waals surface area contributed by atoms with E-state index in [0.717, 1.165) is 18.6 Å². The monoisotopic (exact) mass is 295 g/mol. The predicted octanol–water partition coefficient (Wildman–Crippen LogP) is 3.96. The Balaban J connectivity index is 2.28. The van der Waals surface area contributed by atoms with E-state index in [2.05, 4.69) is 37.6 Å². The highest BCUT2D eigenvalue weighted by Gasteiger charge is 2.14. The van der Waals surface area contributed by atoms with Crippen LogP contribution >= 0.6 is 12.2 Å². The van der Waals surface area contributed by atoms with Crippen LogP contribution in [0, 0.1) is 10.6 Å². The van der Waals surface area contributed by atoms with Gasteiger partial charge in [0.1, 0.15) is 11.3 Å². The Morgan fingerprint density at radius 3 is 2.50 bits per heavy atom. The van der Waals surface area contributed by atoms with Crippen LogP contribution in [0.25, 0.3) is 11.0 Å². The Morgan fingerprint density at radius 1 is 1.25 bits per heavy atom. The zero-order valence-electron chi connectivity index (χ0n) is 12.5. The molecular weight excluding hydrogens is 273 g/mol. The lowest BCUT2D eigenvalue weighted by molar-refractivity contribution is 0.168. The number of aromatic amines is 1. The van der Waals surface area contributed by atoms with E-state index in [0.29, 0.717) is 22.4 Å². The average Bonchev–Trinajstić information content (AvgIpc) is 2.67. The number of hydrogen-bond donors (Lipinski definition) is 1. The first-order valence-corrected chi connectivity index (χ1v) is 7.45. The van der Waals surface area contributed by atoms with Crippen LogP contribution < -0.4 is 0 Å². The van der Waals surface area contributed by atoms with Gasteiger partial charge in [-0.2, -0.15) is 0 Å². The number of benzene rings is 1. The number of fused-ring (bicyclic) bond motifs is 1. The third-order valence-electron chi connectivity index (χ3n) is 3.67. The lowest BCUT2D eigenvalue weighted by Crippen LogP contribution is -2.39. The van der Waals surface area contributed by atoms with E-state index in [4.69, 9.17) is 12.2 Å². The fourth-order valence-corrected chi connectivity index (χ4v) is 2.99. The zero-order chi connectivity index (χ0) is 14.9. The van der Waals surface area contributed by atoms with Gasteiger partial charge in [0.2, 0.25) is 0 Å². The van der Waals surface area contributed by atoms with Crippen LogP contribution in [0.2, 0.25) is 0 Å². The molecule has 1 N–H and O–H groups in total. The molecular formula is C15H22FN3S. The maximum Gasteiger partial charge on any atom is 0.178 e. The van der Waals surface area contributed by atoms with E-state index >= 15 is 0 Å². The fraction of sp³-hybridized carbons (Fsp3) is 0.533. The van der Waals surface area contributed by atoms with Crippen molar-refractivity contribution in [1.29, 1.82) is 0 Å². The van der Waals surface area contributed by atoms with Crippen molar-refractivity contribution in [3.05, 3.63) is 28.8 Å². The van der Waals surface area contributed by atoms with E-state index < -0.39 is 0 Å². The minimum Gasteiger partial charge on any atom is -0.328 e. The summed E-state index contributed by atoms with van der Waals surface area (Å²) >= 11 is 5.32. The summed E-state index contributed by atoms with van der Waals surface area (Å²) in [7, 11) is 0. The van der Waals surface area contributed by atoms with E-state index in [9.17, 15) is 4.39 Å². The molecule has 0 spiro atoms. The molecule has 0 saturated heterocycles. The number of imidazole rings is 1. The molecule has 3 nitrogen and oxygen atoms in total. The fourth-order valence-electron chi connectivity index (χ4n) is 2.70. The first-order valence-electron chi connectivity index (χ1n) is 7.04. The molecule has 2 rings (SSSR count). The van der Waals surface area contributed by atoms with Gasteiger partial charge in [0.15, 0.2) is 4.77 Å². The quantitative estimate of drug-likeness (QED) is 0.844. The highest BCUT2D eigenvalue weighted by Crippen LogP contribution is 2.17. The van der Waals surface area contributed by atoms with E-state index in [1.54, 1.807) is 6.07 Å². The summed E-state index contributed by atoms with van der Waals surface area (Å²) < 4.78 is 16.3. The van der Waals surface area contributed by atoms with Crippen molar-refractivity contribution in [3.63, 3.8) is 0 Å². The second kappa shape index (κ2) is 6.06. The molecule has 20 heavy (non-hydrogen) atoms. The van der Waals surface area contributed by atoms with Gasteiger partial charge in [0.25, 0.3) is 0 Å². The number of hydrogen-bond acceptors (Lipinski definition) is 2. The van der Waals surface area contributed by atoms with Crippen molar-refractivity contribution >= 4 is 23.3 Å². The van der Waals surface area contributed by atoms with E-state index in [-0.39, 0.29) is 5.82 Å². The van der Waals surface area contributed by atoms with Crippen molar-refractivity contribution in [1.82, 2.24) is 14.5 Å². The van der Waals surface area contributed by atoms with Crippen LogP contribution in [0.3, 0.4) is 0 Å². The van der Waals surface area contributed by atoms with Crippen LogP contribution in [-0.4, -0.2) is 33.1 Å². The lowest BCUT2D eigenvalue weighted by Gasteiger charge is -2.30. The molecule has 0 saturated carbocycles. The van der Waals surface area contributed by atoms with Crippen molar-refractivity contribution < 1.29 is 4.39 Å². The highest BCUT2D eigenvalue weighted by atomic mass is 32.1. The summed E-state index contributed by atoms with van der Waals surface area (Å²) in [5, 5.41) is 0. The standard InChI is InChI=1S/C15H22FN3S/c1-10(2)18(11(3)4)8-9-19-13-7-5-6-12(16)14(13)17-15(19)20/h5-7,10-11H,8-9H2,1-4H3,(H,17,20). The molecule has 0 amide bonds. The number of nitrogens with one attached hydrogen (secondary N) is 1. The summed E-state index contributed by atoms with van der Waals surface area (Å²) in [6.45, 7) is 10.4. The van der Waals surface area contributed by atoms with Gasteiger partial charge in [-0.15, -0.1) is 0 Å². The molecule has 2 aromatic rings. The second-order valence-corrected chi connectivity index (χ2v) is 6.03. The summed E-state index contributed by atoms with van der Waals surface area (Å²) in [6.07, 6.45) is 0. The Kier molecular flexibility index (Phi) is 4.60. The third-order valence-corrected chi connectivity index (χ3v) is 3.99. The van der Waals surface area contributed by atoms with Crippen LogP contribution in [0.5, 0.6) is 0 Å². The zero-order valence-corrected chi connectivity index (χ0v) is 13.3. The van der Waals surface area contributed by atoms with Gasteiger partial charge < -0.3 is 9.55 Å². The van der Waals surface area contributed by atoms with Gasteiger partial charge >= 0.3 is 0 Å². The van der Waals surface area contributed by atoms with Crippen molar-refractivity contribution in [3.8, 4) is 0 Å². The molecule has 0 unspecified atom stereocenters. The molecule has 0 aliphatic rings. The van der Waals surface area contributed by atoms with E-state index in [1.165, 1.54) is 6.07 Å². The Hall–Kier alpha value is -1.20. The minimum atomic E-state index is -0.253. The van der Waals surface area contributed by atoms with Crippen LogP contribution in [0.4, 0.5) is 4.39 Å². The number of halogens is 1. The minimum absolute atomic E-state index is 0.253. The largest absolute Gasteiger partial charge is 0.328 e. The molecule has 0 fully saturated rings. The Bertz CT molecular complexity index is 634. The number of H-pyrrole nitrogens is 1. The highest BCUT2D eigenvalue weighted by molar-refractivity contribution is 7.71. The smallest absolute Gasteiger partial charge is 0.178 e. The van der Waals surface area contributed by atoms with Crippen LogP contribution in [-0.2, 0) is 6.54 Å². The normalized spacial score (nSPS) is 12.2. The third kappa shape index (κ3) is 2.94. The summed E-state index contributed by atoms with van der Waals surface area (Å²) in [5.74, 6) is -0.253. The second-order valence-electron chi connectivity index (χ2n) is 5.64. The van der Waals surface area contributed by atoms with Crippen molar-refractivity contribution in [2.75, 3.05) is 6.54 Å². The maximum atomic E-state index is 13.7. The number of para-hydroxylation sites is 1. The van der Waals surface area contributed by atoms with Crippen LogP contribution in [0.1, 0.15) is 27.7 Å². The Labute approximate surface area is 124 Å². The number of rotatable bonds is 5. The number of aromatic nitrogens is 2. The Morgan fingerprint density at radius 2 is 1.90 bits per heavy atom. The van der Waals surface area contributed by atoms with Gasteiger partial charge in [0.05, 0.1) is 5.52 Å². The lowest BCUT2D eigenvalue weighted by atomic mass is 10.2. The van der Waals surface area contributed by atoms with E-state index in [1.807, 2.05) is 10.6 Å². The van der Waals surface area contributed by atoms with Gasteiger partial charge in [-0.05, 0) is 52.0 Å². The molecule has 0 atom stereocenters. The number of nitrogens with zero attached hydrogens (tertiary/aromatic N) is 2. The van der Waals surface area contributed by atoms with Gasteiger partial charge in [-0.1, -0.05) is 6.07 Å². The molecule has 0 radical (unpaired) electrons. The molecule has 1 aromatic carbocycles. The first-order chi connectivity index (χ1) is 9.41. The van der Waals surface area contributed by atoms with Gasteiger partial charge in [-0.25, -0.2) is 4.39 Å².